The number of hydrogen-bond donors (Lipinski definition) is 0. The molecular weight excluding hydrogens is 314 g/mol. The maximum absolute atomic E-state index is 12.3. The second-order valence-corrected chi connectivity index (χ2v) is 7.80. The quantitative estimate of drug-likeness (QED) is 0.841. The van der Waals surface area contributed by atoms with Crippen LogP contribution < -0.4 is 4.90 Å². The Balaban J connectivity index is 1.49. The molecule has 22 heavy (non-hydrogen) atoms. The molecule has 0 bridgehead atoms. The van der Waals surface area contributed by atoms with E-state index in [0.29, 0.717) is 5.75 Å². The first-order valence-corrected chi connectivity index (χ1v) is 9.83. The lowest BCUT2D eigenvalue weighted by Crippen LogP contribution is -2.33. The van der Waals surface area contributed by atoms with E-state index in [0.717, 1.165) is 49.2 Å². The Bertz CT molecular complexity index is 589. The summed E-state index contributed by atoms with van der Waals surface area (Å²) >= 11 is 1.70. The van der Waals surface area contributed by atoms with Crippen molar-refractivity contribution in [3.63, 3.8) is 0 Å². The number of thiazole rings is 1. The van der Waals surface area contributed by atoms with Crippen LogP contribution in [0, 0.1) is 0 Å². The van der Waals surface area contributed by atoms with Gasteiger partial charge in [0.1, 0.15) is 0 Å². The van der Waals surface area contributed by atoms with Crippen LogP contribution in [-0.2, 0) is 10.8 Å². The van der Waals surface area contributed by atoms with Crippen molar-refractivity contribution in [3.05, 3.63) is 41.9 Å². The Labute approximate surface area is 138 Å². The van der Waals surface area contributed by atoms with Gasteiger partial charge in [0.05, 0.1) is 10.8 Å². The number of anilines is 1. The second kappa shape index (κ2) is 7.85. The molecule has 1 aromatic carbocycles. The molecule has 1 aliphatic heterocycles. The maximum atomic E-state index is 12.3. The topological polar surface area (TPSA) is 36.4 Å². The SMILES string of the molecule is O=[S@](CCN1CCCN(c2nccs2)CC1)c1ccccc1. The van der Waals surface area contributed by atoms with Gasteiger partial charge in [0.2, 0.25) is 0 Å². The molecule has 3 rings (SSSR count). The molecule has 0 amide bonds. The van der Waals surface area contributed by atoms with E-state index in [1.807, 2.05) is 41.9 Å². The molecule has 0 unspecified atom stereocenters. The summed E-state index contributed by atoms with van der Waals surface area (Å²) in [5.74, 6) is 0.710. The van der Waals surface area contributed by atoms with Gasteiger partial charge in [-0.05, 0) is 25.1 Å². The number of rotatable bonds is 5. The highest BCUT2D eigenvalue weighted by Gasteiger charge is 2.17. The number of benzene rings is 1. The molecular formula is C16H21N3OS2. The third-order valence-corrected chi connectivity index (χ3v) is 6.06. The lowest BCUT2D eigenvalue weighted by molar-refractivity contribution is 0.311. The summed E-state index contributed by atoms with van der Waals surface area (Å²) in [6.45, 7) is 5.06. The highest BCUT2D eigenvalue weighted by molar-refractivity contribution is 7.85. The lowest BCUT2D eigenvalue weighted by Gasteiger charge is -2.21. The minimum absolute atomic E-state index is 0.710. The van der Waals surface area contributed by atoms with E-state index in [-0.39, 0.29) is 0 Å². The Morgan fingerprint density at radius 3 is 2.77 bits per heavy atom. The van der Waals surface area contributed by atoms with Gasteiger partial charge in [-0.1, -0.05) is 18.2 Å². The molecule has 1 aromatic heterocycles. The first-order chi connectivity index (χ1) is 10.8. The summed E-state index contributed by atoms with van der Waals surface area (Å²) in [4.78, 5) is 10.1. The molecule has 0 saturated carbocycles. The molecule has 0 spiro atoms. The van der Waals surface area contributed by atoms with E-state index in [4.69, 9.17) is 0 Å². The van der Waals surface area contributed by atoms with Gasteiger partial charge in [0, 0.05) is 48.4 Å². The van der Waals surface area contributed by atoms with Crippen LogP contribution in [0.15, 0.2) is 46.8 Å². The summed E-state index contributed by atoms with van der Waals surface area (Å²) in [7, 11) is -0.895. The third kappa shape index (κ3) is 4.15. The maximum Gasteiger partial charge on any atom is 0.185 e. The fraction of sp³-hybridized carbons (Fsp3) is 0.438. The number of nitrogens with zero attached hydrogens (tertiary/aromatic N) is 3. The predicted octanol–water partition coefficient (Wildman–Crippen LogP) is 2.46. The van der Waals surface area contributed by atoms with Gasteiger partial charge in [-0.3, -0.25) is 4.21 Å². The first kappa shape index (κ1) is 15.6. The number of hydrogen-bond acceptors (Lipinski definition) is 5. The van der Waals surface area contributed by atoms with Crippen LogP contribution in [0.3, 0.4) is 0 Å². The van der Waals surface area contributed by atoms with Crippen molar-refractivity contribution in [1.82, 2.24) is 9.88 Å². The molecule has 4 nitrogen and oxygen atoms in total. The minimum Gasteiger partial charge on any atom is -0.347 e. The molecule has 1 saturated heterocycles. The molecule has 1 atom stereocenters. The van der Waals surface area contributed by atoms with Gasteiger partial charge in [-0.15, -0.1) is 11.3 Å². The van der Waals surface area contributed by atoms with Crippen molar-refractivity contribution in [2.45, 2.75) is 11.3 Å². The standard InChI is InChI=1S/C16H21N3OS2/c20-22(15-5-2-1-3-6-15)14-12-18-8-4-9-19(11-10-18)16-17-7-13-21-16/h1-3,5-7,13H,4,8-12,14H2/t22-/m1/s1. The van der Waals surface area contributed by atoms with Crippen molar-refractivity contribution in [1.29, 1.82) is 0 Å². The highest BCUT2D eigenvalue weighted by Crippen LogP contribution is 2.19. The summed E-state index contributed by atoms with van der Waals surface area (Å²) in [5.41, 5.74) is 0. The van der Waals surface area contributed by atoms with E-state index < -0.39 is 10.8 Å². The number of aromatic nitrogens is 1. The zero-order chi connectivity index (χ0) is 15.2. The minimum atomic E-state index is -0.895. The summed E-state index contributed by atoms with van der Waals surface area (Å²) in [6.07, 6.45) is 3.00. The van der Waals surface area contributed by atoms with Gasteiger partial charge < -0.3 is 9.80 Å². The van der Waals surface area contributed by atoms with Crippen molar-refractivity contribution in [2.24, 2.45) is 0 Å². The third-order valence-electron chi connectivity index (χ3n) is 3.88. The van der Waals surface area contributed by atoms with Gasteiger partial charge in [-0.25, -0.2) is 4.98 Å². The van der Waals surface area contributed by atoms with Crippen molar-refractivity contribution < 1.29 is 4.21 Å². The summed E-state index contributed by atoms with van der Waals surface area (Å²) in [5, 5.41) is 3.15. The zero-order valence-corrected chi connectivity index (χ0v) is 14.2. The van der Waals surface area contributed by atoms with E-state index in [1.165, 1.54) is 0 Å². The van der Waals surface area contributed by atoms with E-state index in [1.54, 1.807) is 11.3 Å². The average molecular weight is 335 g/mol. The second-order valence-electron chi connectivity index (χ2n) is 5.36. The van der Waals surface area contributed by atoms with Gasteiger partial charge in [-0.2, -0.15) is 0 Å². The molecule has 1 aliphatic rings. The fourth-order valence-corrected chi connectivity index (χ4v) is 4.48. The van der Waals surface area contributed by atoms with Crippen LogP contribution in [-0.4, -0.2) is 52.6 Å². The van der Waals surface area contributed by atoms with Gasteiger partial charge >= 0.3 is 0 Å². The van der Waals surface area contributed by atoms with Crippen LogP contribution in [0.5, 0.6) is 0 Å². The monoisotopic (exact) mass is 335 g/mol. The Kier molecular flexibility index (Phi) is 5.58. The predicted molar refractivity (Wildman–Crippen MR) is 93.1 cm³/mol. The van der Waals surface area contributed by atoms with Crippen LogP contribution in [0.1, 0.15) is 6.42 Å². The van der Waals surface area contributed by atoms with Crippen molar-refractivity contribution in [2.75, 3.05) is 43.4 Å². The molecule has 2 heterocycles. The Hall–Kier alpha value is -1.24. The van der Waals surface area contributed by atoms with Crippen LogP contribution in [0.25, 0.3) is 0 Å². The van der Waals surface area contributed by atoms with Crippen LogP contribution in [0.2, 0.25) is 0 Å². The van der Waals surface area contributed by atoms with E-state index in [2.05, 4.69) is 14.8 Å². The molecule has 1 fully saturated rings. The van der Waals surface area contributed by atoms with E-state index >= 15 is 0 Å². The molecule has 0 N–H and O–H groups in total. The Morgan fingerprint density at radius 1 is 1.14 bits per heavy atom. The Morgan fingerprint density at radius 2 is 2.00 bits per heavy atom. The molecule has 2 aromatic rings. The molecule has 0 radical (unpaired) electrons. The molecule has 6 heteroatoms. The molecule has 118 valence electrons. The van der Waals surface area contributed by atoms with Gasteiger partial charge in [0.15, 0.2) is 5.13 Å². The zero-order valence-electron chi connectivity index (χ0n) is 12.6. The normalized spacial score (nSPS) is 18.1. The largest absolute Gasteiger partial charge is 0.347 e. The van der Waals surface area contributed by atoms with Crippen LogP contribution in [0.4, 0.5) is 5.13 Å². The lowest BCUT2D eigenvalue weighted by atomic mass is 10.4. The van der Waals surface area contributed by atoms with Crippen LogP contribution >= 0.6 is 11.3 Å². The van der Waals surface area contributed by atoms with Crippen molar-refractivity contribution >= 4 is 27.3 Å². The average Bonchev–Trinajstić information content (AvgIpc) is 2.99. The summed E-state index contributed by atoms with van der Waals surface area (Å²) in [6, 6.07) is 9.75. The smallest absolute Gasteiger partial charge is 0.185 e. The first-order valence-electron chi connectivity index (χ1n) is 7.63. The van der Waals surface area contributed by atoms with Crippen molar-refractivity contribution in [3.8, 4) is 0 Å². The molecule has 0 aliphatic carbocycles. The highest BCUT2D eigenvalue weighted by atomic mass is 32.2. The van der Waals surface area contributed by atoms with E-state index in [9.17, 15) is 4.21 Å². The fourth-order valence-electron chi connectivity index (χ4n) is 2.66. The summed E-state index contributed by atoms with van der Waals surface area (Å²) < 4.78 is 12.3. The van der Waals surface area contributed by atoms with Gasteiger partial charge in [0.25, 0.3) is 0 Å².